The molecule has 0 aliphatic carbocycles. The van der Waals surface area contributed by atoms with Gasteiger partial charge in [-0.1, -0.05) is 11.8 Å². The molecule has 0 saturated heterocycles. The van der Waals surface area contributed by atoms with Gasteiger partial charge in [-0.25, -0.2) is 4.68 Å². The number of ether oxygens (including phenoxy) is 3. The average Bonchev–Trinajstić information content (AvgIpc) is 3.17. The molecule has 0 saturated carbocycles. The van der Waals surface area contributed by atoms with Crippen molar-refractivity contribution in [2.75, 3.05) is 26.3 Å². The maximum absolute atomic E-state index is 5.51. The molecule has 7 nitrogen and oxygen atoms in total. The van der Waals surface area contributed by atoms with Crippen molar-refractivity contribution in [3.05, 3.63) is 53.4 Å². The summed E-state index contributed by atoms with van der Waals surface area (Å²) in [6, 6.07) is 13.6. The quantitative estimate of drug-likeness (QED) is 0.675. The maximum Gasteiger partial charge on any atom is 0.214 e. The van der Waals surface area contributed by atoms with Crippen molar-refractivity contribution in [1.29, 1.82) is 0 Å². The van der Waals surface area contributed by atoms with Crippen LogP contribution in [0.4, 0.5) is 0 Å². The van der Waals surface area contributed by atoms with Crippen molar-refractivity contribution >= 4 is 17.5 Å². The minimum absolute atomic E-state index is 0.636. The van der Waals surface area contributed by atoms with Gasteiger partial charge in [0.05, 0.1) is 26.5 Å². The van der Waals surface area contributed by atoms with E-state index in [1.54, 1.807) is 14.2 Å². The Balaban J connectivity index is 1.63. The minimum atomic E-state index is 0.636. The van der Waals surface area contributed by atoms with Crippen molar-refractivity contribution in [3.63, 3.8) is 0 Å². The summed E-state index contributed by atoms with van der Waals surface area (Å²) in [5.74, 6) is 2.93. The Bertz CT molecular complexity index is 1010. The van der Waals surface area contributed by atoms with Gasteiger partial charge in [0.25, 0.3) is 0 Å². The van der Waals surface area contributed by atoms with Gasteiger partial charge in [-0.3, -0.25) is 5.43 Å². The average molecular weight is 396 g/mol. The van der Waals surface area contributed by atoms with Crippen LogP contribution in [0.15, 0.2) is 53.0 Å². The number of methoxy groups -OCH3 is 2. The van der Waals surface area contributed by atoms with Gasteiger partial charge in [-0.15, -0.1) is 10.2 Å². The third kappa shape index (κ3) is 3.38. The molecule has 8 heteroatoms. The summed E-state index contributed by atoms with van der Waals surface area (Å²) in [6.45, 7) is 2.60. The highest BCUT2D eigenvalue weighted by molar-refractivity contribution is 8.02. The number of hydrogen-bond donors (Lipinski definition) is 1. The molecular weight excluding hydrogens is 376 g/mol. The van der Waals surface area contributed by atoms with Crippen molar-refractivity contribution in [2.45, 2.75) is 12.1 Å². The monoisotopic (exact) mass is 396 g/mol. The van der Waals surface area contributed by atoms with E-state index in [4.69, 9.17) is 14.2 Å². The van der Waals surface area contributed by atoms with Crippen LogP contribution in [-0.2, 0) is 0 Å². The standard InChI is InChI=1S/C20H20N4O3S/c1-4-27-15-8-5-13(6-9-15)19-21-22-20-24(19)23-16(12-28-20)14-7-10-17(25-2)18(11-14)26-3/h5-12,23H,4H2,1-3H3. The van der Waals surface area contributed by atoms with E-state index in [0.717, 1.165) is 33.6 Å². The first kappa shape index (κ1) is 18.2. The van der Waals surface area contributed by atoms with Crippen LogP contribution in [-0.4, -0.2) is 35.7 Å². The lowest BCUT2D eigenvalue weighted by atomic mass is 10.1. The molecule has 0 spiro atoms. The van der Waals surface area contributed by atoms with E-state index in [9.17, 15) is 0 Å². The van der Waals surface area contributed by atoms with E-state index in [0.29, 0.717) is 18.1 Å². The van der Waals surface area contributed by atoms with Gasteiger partial charge >= 0.3 is 0 Å². The maximum atomic E-state index is 5.51. The van der Waals surface area contributed by atoms with Gasteiger partial charge in [0, 0.05) is 16.5 Å². The zero-order valence-electron chi connectivity index (χ0n) is 15.8. The molecule has 28 heavy (non-hydrogen) atoms. The fourth-order valence-corrected chi connectivity index (χ4v) is 3.63. The minimum Gasteiger partial charge on any atom is -0.494 e. The second-order valence-electron chi connectivity index (χ2n) is 5.93. The third-order valence-electron chi connectivity index (χ3n) is 4.27. The van der Waals surface area contributed by atoms with Crippen LogP contribution in [0.2, 0.25) is 0 Å². The van der Waals surface area contributed by atoms with E-state index in [1.807, 2.05) is 59.5 Å². The molecule has 144 valence electrons. The normalized spacial score (nSPS) is 12.6. The van der Waals surface area contributed by atoms with E-state index >= 15 is 0 Å². The summed E-state index contributed by atoms with van der Waals surface area (Å²) < 4.78 is 18.1. The fourth-order valence-electron chi connectivity index (χ4n) is 2.90. The summed E-state index contributed by atoms with van der Waals surface area (Å²) in [6.07, 6.45) is 0. The Morgan fingerprint density at radius 2 is 1.71 bits per heavy atom. The largest absolute Gasteiger partial charge is 0.494 e. The van der Waals surface area contributed by atoms with Gasteiger partial charge in [0.1, 0.15) is 5.75 Å². The molecule has 1 aliphatic rings. The van der Waals surface area contributed by atoms with Gasteiger partial charge in [0.2, 0.25) is 5.16 Å². The van der Waals surface area contributed by atoms with Gasteiger partial charge < -0.3 is 14.2 Å². The number of benzene rings is 2. The fraction of sp³-hybridized carbons (Fsp3) is 0.200. The molecule has 2 aromatic carbocycles. The van der Waals surface area contributed by atoms with Crippen LogP contribution < -0.4 is 19.6 Å². The molecule has 0 fully saturated rings. The molecule has 0 bridgehead atoms. The number of thioether (sulfide) groups is 1. The molecule has 4 rings (SSSR count). The van der Waals surface area contributed by atoms with Gasteiger partial charge in [0.15, 0.2) is 17.3 Å². The highest BCUT2D eigenvalue weighted by Gasteiger charge is 2.20. The van der Waals surface area contributed by atoms with E-state index in [2.05, 4.69) is 15.6 Å². The van der Waals surface area contributed by atoms with Crippen molar-refractivity contribution in [3.8, 4) is 28.6 Å². The zero-order chi connectivity index (χ0) is 19.5. The van der Waals surface area contributed by atoms with E-state index in [-0.39, 0.29) is 0 Å². The highest BCUT2D eigenvalue weighted by atomic mass is 32.2. The predicted molar refractivity (Wildman–Crippen MR) is 109 cm³/mol. The number of nitrogens with zero attached hydrogens (tertiary/aromatic N) is 3. The second-order valence-corrected chi connectivity index (χ2v) is 6.77. The molecule has 0 radical (unpaired) electrons. The lowest BCUT2D eigenvalue weighted by Gasteiger charge is -2.20. The first-order chi connectivity index (χ1) is 13.7. The van der Waals surface area contributed by atoms with Crippen molar-refractivity contribution < 1.29 is 14.2 Å². The molecule has 0 amide bonds. The first-order valence-corrected chi connectivity index (χ1v) is 9.66. The SMILES string of the molecule is CCOc1ccc(-c2nnc3n2NC(c2ccc(OC)c(OC)c2)=CS3)cc1. The summed E-state index contributed by atoms with van der Waals surface area (Å²) in [5.41, 5.74) is 6.24. The highest BCUT2D eigenvalue weighted by Crippen LogP contribution is 2.35. The molecule has 3 aromatic rings. The zero-order valence-corrected chi connectivity index (χ0v) is 16.6. The first-order valence-electron chi connectivity index (χ1n) is 8.78. The predicted octanol–water partition coefficient (Wildman–Crippen LogP) is 4.01. The Labute approximate surface area is 167 Å². The number of nitrogens with one attached hydrogen (secondary N) is 1. The summed E-state index contributed by atoms with van der Waals surface area (Å²) in [7, 11) is 3.25. The topological polar surface area (TPSA) is 70.4 Å². The number of fused-ring (bicyclic) bond motifs is 1. The third-order valence-corrected chi connectivity index (χ3v) is 5.09. The molecule has 0 unspecified atom stereocenters. The number of rotatable bonds is 6. The molecular formula is C20H20N4O3S. The molecule has 1 N–H and O–H groups in total. The molecule has 0 atom stereocenters. The van der Waals surface area contributed by atoms with Gasteiger partial charge in [-0.05, 0) is 49.4 Å². The van der Waals surface area contributed by atoms with Crippen molar-refractivity contribution in [2.24, 2.45) is 0 Å². The van der Waals surface area contributed by atoms with Crippen LogP contribution in [0, 0.1) is 0 Å². The van der Waals surface area contributed by atoms with Crippen LogP contribution in [0.3, 0.4) is 0 Å². The van der Waals surface area contributed by atoms with Crippen molar-refractivity contribution in [1.82, 2.24) is 14.9 Å². The Hall–Kier alpha value is -3.13. The molecule has 1 aliphatic heterocycles. The molecule has 1 aromatic heterocycles. The summed E-state index contributed by atoms with van der Waals surface area (Å²) >= 11 is 1.51. The second kappa shape index (κ2) is 7.85. The lowest BCUT2D eigenvalue weighted by molar-refractivity contribution is 0.340. The number of hydrogen-bond acceptors (Lipinski definition) is 7. The Morgan fingerprint density at radius 3 is 2.43 bits per heavy atom. The Morgan fingerprint density at radius 1 is 0.964 bits per heavy atom. The van der Waals surface area contributed by atoms with Crippen LogP contribution in [0.5, 0.6) is 17.2 Å². The number of aromatic nitrogens is 3. The van der Waals surface area contributed by atoms with Gasteiger partial charge in [-0.2, -0.15) is 0 Å². The summed E-state index contributed by atoms with van der Waals surface area (Å²) in [5, 5.41) is 11.4. The Kier molecular flexibility index (Phi) is 5.12. The van der Waals surface area contributed by atoms with Crippen LogP contribution in [0.25, 0.3) is 17.1 Å². The van der Waals surface area contributed by atoms with E-state index < -0.39 is 0 Å². The van der Waals surface area contributed by atoms with Crippen LogP contribution >= 0.6 is 11.8 Å². The summed E-state index contributed by atoms with van der Waals surface area (Å²) in [4.78, 5) is 0. The lowest BCUT2D eigenvalue weighted by Crippen LogP contribution is -2.18. The molecule has 2 heterocycles. The smallest absolute Gasteiger partial charge is 0.214 e. The van der Waals surface area contributed by atoms with E-state index in [1.165, 1.54) is 11.8 Å². The van der Waals surface area contributed by atoms with Crippen LogP contribution in [0.1, 0.15) is 12.5 Å².